The van der Waals surface area contributed by atoms with Crippen LogP contribution in [0.1, 0.15) is 6.42 Å². The van der Waals surface area contributed by atoms with E-state index in [1.165, 1.54) is 0 Å². The summed E-state index contributed by atoms with van der Waals surface area (Å²) in [6.45, 7) is 4.15. The second-order valence-corrected chi connectivity index (χ2v) is 6.40. The lowest BCUT2D eigenvalue weighted by Gasteiger charge is -2.21. The summed E-state index contributed by atoms with van der Waals surface area (Å²) >= 11 is 0. The summed E-state index contributed by atoms with van der Waals surface area (Å²) in [7, 11) is 3.82. The molecule has 0 atom stereocenters. The van der Waals surface area contributed by atoms with Crippen molar-refractivity contribution in [3.8, 4) is 17.0 Å². The van der Waals surface area contributed by atoms with Crippen LogP contribution in [0.25, 0.3) is 22.4 Å². The molecule has 0 aliphatic carbocycles. The SMILES string of the molecule is COc1ccccc1-c1noc2nc(N3CCCN(C)CC3)ccc12. The molecule has 3 heterocycles. The number of aromatic nitrogens is 2. The van der Waals surface area contributed by atoms with E-state index < -0.39 is 0 Å². The van der Waals surface area contributed by atoms with Gasteiger partial charge in [0.15, 0.2) is 0 Å². The van der Waals surface area contributed by atoms with Gasteiger partial charge in [-0.3, -0.25) is 0 Å². The Morgan fingerprint density at radius 2 is 1.92 bits per heavy atom. The van der Waals surface area contributed by atoms with Crippen molar-refractivity contribution in [3.63, 3.8) is 0 Å². The number of rotatable bonds is 3. The highest BCUT2D eigenvalue weighted by atomic mass is 16.5. The van der Waals surface area contributed by atoms with Gasteiger partial charge in [0.1, 0.15) is 17.3 Å². The van der Waals surface area contributed by atoms with E-state index in [2.05, 4.69) is 28.1 Å². The maximum Gasteiger partial charge on any atom is 0.260 e. The van der Waals surface area contributed by atoms with E-state index in [0.717, 1.165) is 60.8 Å². The third kappa shape index (κ3) is 3.05. The summed E-state index contributed by atoms with van der Waals surface area (Å²) in [5, 5.41) is 5.15. The summed E-state index contributed by atoms with van der Waals surface area (Å²) in [5.41, 5.74) is 2.24. The first-order chi connectivity index (χ1) is 12.3. The number of ether oxygens (including phenoxy) is 1. The summed E-state index contributed by atoms with van der Waals surface area (Å²) in [5.74, 6) is 1.72. The van der Waals surface area contributed by atoms with E-state index in [1.807, 2.05) is 30.3 Å². The van der Waals surface area contributed by atoms with Gasteiger partial charge in [0, 0.05) is 25.2 Å². The van der Waals surface area contributed by atoms with Crippen molar-refractivity contribution in [1.82, 2.24) is 15.0 Å². The number of fused-ring (bicyclic) bond motifs is 1. The zero-order chi connectivity index (χ0) is 17.2. The van der Waals surface area contributed by atoms with Crippen LogP contribution in [0.4, 0.5) is 5.82 Å². The third-order valence-electron chi connectivity index (χ3n) is 4.73. The first kappa shape index (κ1) is 15.9. The molecule has 0 radical (unpaired) electrons. The van der Waals surface area contributed by atoms with Crippen molar-refractivity contribution in [1.29, 1.82) is 0 Å². The summed E-state index contributed by atoms with van der Waals surface area (Å²) in [6, 6.07) is 11.9. The quantitative estimate of drug-likeness (QED) is 0.732. The molecule has 2 aromatic heterocycles. The van der Waals surface area contributed by atoms with E-state index in [0.29, 0.717) is 5.71 Å². The van der Waals surface area contributed by atoms with Crippen molar-refractivity contribution < 1.29 is 9.26 Å². The van der Waals surface area contributed by atoms with Gasteiger partial charge >= 0.3 is 0 Å². The van der Waals surface area contributed by atoms with E-state index in [-0.39, 0.29) is 0 Å². The predicted octanol–water partition coefficient (Wildman–Crippen LogP) is 3.04. The number of para-hydroxylation sites is 1. The molecule has 0 spiro atoms. The largest absolute Gasteiger partial charge is 0.496 e. The van der Waals surface area contributed by atoms with Crippen LogP contribution in [0.15, 0.2) is 40.9 Å². The summed E-state index contributed by atoms with van der Waals surface area (Å²) in [4.78, 5) is 9.37. The van der Waals surface area contributed by atoms with Crippen LogP contribution in [-0.4, -0.2) is 55.4 Å². The van der Waals surface area contributed by atoms with Crippen LogP contribution in [-0.2, 0) is 0 Å². The van der Waals surface area contributed by atoms with Crippen LogP contribution in [0.2, 0.25) is 0 Å². The average molecular weight is 338 g/mol. The lowest BCUT2D eigenvalue weighted by molar-refractivity contribution is 0.360. The lowest BCUT2D eigenvalue weighted by atomic mass is 10.1. The van der Waals surface area contributed by atoms with Crippen LogP contribution in [0.5, 0.6) is 5.75 Å². The second-order valence-electron chi connectivity index (χ2n) is 6.40. The minimum Gasteiger partial charge on any atom is -0.496 e. The van der Waals surface area contributed by atoms with Crippen molar-refractivity contribution in [2.24, 2.45) is 0 Å². The molecule has 1 saturated heterocycles. The van der Waals surface area contributed by atoms with Crippen LogP contribution in [0.3, 0.4) is 0 Å². The highest BCUT2D eigenvalue weighted by molar-refractivity contribution is 5.92. The second kappa shape index (κ2) is 6.72. The van der Waals surface area contributed by atoms with Gasteiger partial charge in [-0.05, 0) is 44.3 Å². The number of likely N-dealkylation sites (N-methyl/N-ethyl adjacent to an activating group) is 1. The molecule has 0 unspecified atom stereocenters. The maximum atomic E-state index is 5.53. The molecule has 0 N–H and O–H groups in total. The molecular weight excluding hydrogens is 316 g/mol. The molecule has 6 nitrogen and oxygen atoms in total. The van der Waals surface area contributed by atoms with Gasteiger partial charge in [0.2, 0.25) is 0 Å². The molecule has 1 fully saturated rings. The molecule has 0 amide bonds. The number of pyridine rings is 1. The Morgan fingerprint density at radius 1 is 1.04 bits per heavy atom. The van der Waals surface area contributed by atoms with Crippen molar-refractivity contribution in [2.45, 2.75) is 6.42 Å². The minimum atomic E-state index is 0.566. The Morgan fingerprint density at radius 3 is 2.80 bits per heavy atom. The zero-order valence-electron chi connectivity index (χ0n) is 14.6. The van der Waals surface area contributed by atoms with E-state index in [1.54, 1.807) is 7.11 Å². The van der Waals surface area contributed by atoms with Crippen molar-refractivity contribution in [2.75, 3.05) is 45.2 Å². The van der Waals surface area contributed by atoms with Gasteiger partial charge in [-0.15, -0.1) is 0 Å². The normalized spacial score (nSPS) is 16.2. The van der Waals surface area contributed by atoms with Gasteiger partial charge in [-0.1, -0.05) is 17.3 Å². The Bertz CT molecular complexity index is 877. The van der Waals surface area contributed by atoms with E-state index in [9.17, 15) is 0 Å². The molecular formula is C19H22N4O2. The van der Waals surface area contributed by atoms with Gasteiger partial charge in [0.25, 0.3) is 5.71 Å². The first-order valence-corrected chi connectivity index (χ1v) is 8.59. The molecule has 1 aliphatic heterocycles. The number of anilines is 1. The monoisotopic (exact) mass is 338 g/mol. The fourth-order valence-electron chi connectivity index (χ4n) is 3.30. The molecule has 0 bridgehead atoms. The molecule has 130 valence electrons. The number of benzene rings is 1. The van der Waals surface area contributed by atoms with Crippen molar-refractivity contribution in [3.05, 3.63) is 36.4 Å². The topological polar surface area (TPSA) is 54.6 Å². The van der Waals surface area contributed by atoms with E-state index in [4.69, 9.17) is 14.2 Å². The number of nitrogens with zero attached hydrogens (tertiary/aromatic N) is 4. The first-order valence-electron chi connectivity index (χ1n) is 8.59. The third-order valence-corrected chi connectivity index (χ3v) is 4.73. The predicted molar refractivity (Wildman–Crippen MR) is 98.1 cm³/mol. The minimum absolute atomic E-state index is 0.566. The smallest absolute Gasteiger partial charge is 0.260 e. The van der Waals surface area contributed by atoms with Crippen molar-refractivity contribution >= 4 is 16.9 Å². The summed E-state index contributed by atoms with van der Waals surface area (Å²) in [6.07, 6.45) is 1.14. The fraction of sp³-hybridized carbons (Fsp3) is 0.368. The molecule has 6 heteroatoms. The fourth-order valence-corrected chi connectivity index (χ4v) is 3.30. The Kier molecular flexibility index (Phi) is 4.28. The number of hydrogen-bond acceptors (Lipinski definition) is 6. The Hall–Kier alpha value is -2.60. The Balaban J connectivity index is 1.69. The molecule has 1 aromatic carbocycles. The molecule has 1 aliphatic rings. The van der Waals surface area contributed by atoms with Gasteiger partial charge < -0.3 is 19.1 Å². The lowest BCUT2D eigenvalue weighted by Crippen LogP contribution is -2.29. The van der Waals surface area contributed by atoms with Gasteiger partial charge in [-0.25, -0.2) is 0 Å². The van der Waals surface area contributed by atoms with E-state index >= 15 is 0 Å². The maximum absolute atomic E-state index is 5.53. The van der Waals surface area contributed by atoms with Crippen LogP contribution >= 0.6 is 0 Å². The molecule has 25 heavy (non-hydrogen) atoms. The van der Waals surface area contributed by atoms with Crippen LogP contribution in [0, 0.1) is 0 Å². The zero-order valence-corrected chi connectivity index (χ0v) is 14.6. The summed E-state index contributed by atoms with van der Waals surface area (Å²) < 4.78 is 11.0. The van der Waals surface area contributed by atoms with Gasteiger partial charge in [0.05, 0.1) is 12.5 Å². The molecule has 4 rings (SSSR count). The van der Waals surface area contributed by atoms with Crippen LogP contribution < -0.4 is 9.64 Å². The number of hydrogen-bond donors (Lipinski definition) is 0. The molecule has 3 aromatic rings. The highest BCUT2D eigenvalue weighted by Gasteiger charge is 2.18. The Labute approximate surface area is 147 Å². The highest BCUT2D eigenvalue weighted by Crippen LogP contribution is 2.34. The number of methoxy groups -OCH3 is 1. The molecule has 0 saturated carbocycles. The van der Waals surface area contributed by atoms with Gasteiger partial charge in [-0.2, -0.15) is 4.98 Å². The standard InChI is InChI=1S/C19H22N4O2/c1-22-10-5-11-23(13-12-22)17-9-8-15-18(21-25-19(15)20-17)14-6-3-4-7-16(14)24-2/h3-4,6-9H,5,10-13H2,1-2H3. The average Bonchev–Trinajstić information content (AvgIpc) is 2.95.